The topological polar surface area (TPSA) is 43.4 Å². The first-order valence-electron chi connectivity index (χ1n) is 5.67. The van der Waals surface area contributed by atoms with Gasteiger partial charge in [0.2, 0.25) is 0 Å². The standard InChI is InChI=1S/C12H14ClFO3S/c1-17-9-3-4-10(7-9)18(15,16)12-5-2-8(14)6-11(12)13/h2,5-6,9-10H,3-4,7H2,1H3/t9-,10-/m0/s1. The molecule has 0 saturated heterocycles. The van der Waals surface area contributed by atoms with E-state index in [1.807, 2.05) is 0 Å². The minimum atomic E-state index is -3.51. The predicted molar refractivity (Wildman–Crippen MR) is 67.0 cm³/mol. The van der Waals surface area contributed by atoms with Crippen LogP contribution in [0, 0.1) is 5.82 Å². The summed E-state index contributed by atoms with van der Waals surface area (Å²) in [5, 5.41) is -0.554. The van der Waals surface area contributed by atoms with Gasteiger partial charge in [-0.1, -0.05) is 11.6 Å². The van der Waals surface area contributed by atoms with Gasteiger partial charge in [-0.15, -0.1) is 0 Å². The van der Waals surface area contributed by atoms with Crippen molar-refractivity contribution >= 4 is 21.4 Å². The number of hydrogen-bond donors (Lipinski definition) is 0. The molecule has 2 rings (SSSR count). The summed E-state index contributed by atoms with van der Waals surface area (Å²) in [6.45, 7) is 0. The van der Waals surface area contributed by atoms with E-state index in [9.17, 15) is 12.8 Å². The van der Waals surface area contributed by atoms with Crippen molar-refractivity contribution in [1.82, 2.24) is 0 Å². The van der Waals surface area contributed by atoms with E-state index in [-0.39, 0.29) is 16.0 Å². The van der Waals surface area contributed by atoms with Crippen molar-refractivity contribution < 1.29 is 17.5 Å². The molecule has 1 aromatic carbocycles. The molecule has 0 aromatic heterocycles. The summed E-state index contributed by atoms with van der Waals surface area (Å²) in [6, 6.07) is 3.37. The van der Waals surface area contributed by atoms with Gasteiger partial charge >= 0.3 is 0 Å². The normalized spacial score (nSPS) is 24.4. The van der Waals surface area contributed by atoms with Crippen molar-refractivity contribution in [2.24, 2.45) is 0 Å². The molecular weight excluding hydrogens is 279 g/mol. The molecule has 1 fully saturated rings. The van der Waals surface area contributed by atoms with Gasteiger partial charge in [-0.2, -0.15) is 0 Å². The van der Waals surface area contributed by atoms with Gasteiger partial charge in [-0.3, -0.25) is 0 Å². The van der Waals surface area contributed by atoms with Crippen LogP contribution in [-0.4, -0.2) is 26.9 Å². The SMILES string of the molecule is CO[C@H]1CC[C@H](S(=O)(=O)c2ccc(F)cc2Cl)C1. The van der Waals surface area contributed by atoms with Gasteiger partial charge in [-0.25, -0.2) is 12.8 Å². The molecule has 1 aromatic rings. The fraction of sp³-hybridized carbons (Fsp3) is 0.500. The summed E-state index contributed by atoms with van der Waals surface area (Å²) in [4.78, 5) is 0.00678. The van der Waals surface area contributed by atoms with Crippen LogP contribution in [0.2, 0.25) is 5.02 Å². The summed E-state index contributed by atoms with van der Waals surface area (Å²) in [5.74, 6) is -0.542. The van der Waals surface area contributed by atoms with Crippen LogP contribution < -0.4 is 0 Å². The molecule has 0 heterocycles. The molecule has 1 aliphatic rings. The number of rotatable bonds is 3. The van der Waals surface area contributed by atoms with E-state index in [2.05, 4.69) is 0 Å². The zero-order valence-electron chi connectivity index (χ0n) is 9.90. The van der Waals surface area contributed by atoms with Crippen LogP contribution in [-0.2, 0) is 14.6 Å². The van der Waals surface area contributed by atoms with Gasteiger partial charge in [0, 0.05) is 7.11 Å². The molecule has 0 aliphatic heterocycles. The van der Waals surface area contributed by atoms with Crippen LogP contribution in [0.5, 0.6) is 0 Å². The molecule has 0 radical (unpaired) electrons. The summed E-state index contributed by atoms with van der Waals surface area (Å²) in [5.41, 5.74) is 0. The Balaban J connectivity index is 2.31. The lowest BCUT2D eigenvalue weighted by molar-refractivity contribution is 0.109. The molecule has 2 atom stereocenters. The smallest absolute Gasteiger partial charge is 0.182 e. The number of methoxy groups -OCH3 is 1. The van der Waals surface area contributed by atoms with E-state index < -0.39 is 20.9 Å². The van der Waals surface area contributed by atoms with Crippen molar-refractivity contribution in [3.63, 3.8) is 0 Å². The fourth-order valence-corrected chi connectivity index (χ4v) is 4.63. The highest BCUT2D eigenvalue weighted by molar-refractivity contribution is 7.92. The molecule has 18 heavy (non-hydrogen) atoms. The maximum absolute atomic E-state index is 12.9. The lowest BCUT2D eigenvalue weighted by Crippen LogP contribution is -2.20. The molecule has 0 N–H and O–H groups in total. The zero-order valence-corrected chi connectivity index (χ0v) is 11.5. The molecule has 6 heteroatoms. The minimum Gasteiger partial charge on any atom is -0.381 e. The second kappa shape index (κ2) is 5.15. The van der Waals surface area contributed by atoms with Gasteiger partial charge < -0.3 is 4.74 Å². The third-order valence-electron chi connectivity index (χ3n) is 3.31. The van der Waals surface area contributed by atoms with Gasteiger partial charge in [0.15, 0.2) is 9.84 Å². The first-order chi connectivity index (χ1) is 8.45. The summed E-state index contributed by atoms with van der Waals surface area (Å²) in [7, 11) is -1.93. The number of ether oxygens (including phenoxy) is 1. The van der Waals surface area contributed by atoms with E-state index in [0.29, 0.717) is 12.8 Å². The Kier molecular flexibility index (Phi) is 3.94. The van der Waals surface area contributed by atoms with Crippen molar-refractivity contribution in [2.45, 2.75) is 35.5 Å². The van der Waals surface area contributed by atoms with Gasteiger partial charge in [0.05, 0.1) is 21.3 Å². The molecule has 0 unspecified atom stereocenters. The van der Waals surface area contributed by atoms with Crippen molar-refractivity contribution in [3.05, 3.63) is 29.0 Å². The molecule has 1 aliphatic carbocycles. The molecule has 100 valence electrons. The molecular formula is C12H14ClFO3S. The average Bonchev–Trinajstić information content (AvgIpc) is 2.77. The van der Waals surface area contributed by atoms with E-state index in [0.717, 1.165) is 18.6 Å². The highest BCUT2D eigenvalue weighted by atomic mass is 35.5. The summed E-state index contributed by atoms with van der Waals surface area (Å²) < 4.78 is 42.8. The summed E-state index contributed by atoms with van der Waals surface area (Å²) >= 11 is 5.81. The Labute approximate surface area is 111 Å². The first-order valence-corrected chi connectivity index (χ1v) is 7.59. The Morgan fingerprint density at radius 1 is 1.39 bits per heavy atom. The molecule has 0 bridgehead atoms. The van der Waals surface area contributed by atoms with E-state index >= 15 is 0 Å². The van der Waals surface area contributed by atoms with Crippen LogP contribution in [0.3, 0.4) is 0 Å². The van der Waals surface area contributed by atoms with E-state index in [1.165, 1.54) is 6.07 Å². The molecule has 0 amide bonds. The van der Waals surface area contributed by atoms with E-state index in [4.69, 9.17) is 16.3 Å². The van der Waals surface area contributed by atoms with Gasteiger partial charge in [0.1, 0.15) is 5.82 Å². The Bertz CT molecular complexity index is 544. The quantitative estimate of drug-likeness (QED) is 0.805. The largest absolute Gasteiger partial charge is 0.381 e. The van der Waals surface area contributed by atoms with Crippen LogP contribution in [0.15, 0.2) is 23.1 Å². The Morgan fingerprint density at radius 2 is 2.11 bits per heavy atom. The van der Waals surface area contributed by atoms with Crippen molar-refractivity contribution in [2.75, 3.05) is 7.11 Å². The summed E-state index contributed by atoms with van der Waals surface area (Å²) in [6.07, 6.45) is 1.71. The van der Waals surface area contributed by atoms with Crippen molar-refractivity contribution in [3.8, 4) is 0 Å². The highest BCUT2D eigenvalue weighted by Crippen LogP contribution is 2.34. The number of hydrogen-bond acceptors (Lipinski definition) is 3. The zero-order chi connectivity index (χ0) is 13.3. The monoisotopic (exact) mass is 292 g/mol. The van der Waals surface area contributed by atoms with Crippen LogP contribution in [0.4, 0.5) is 4.39 Å². The average molecular weight is 293 g/mol. The molecule has 1 saturated carbocycles. The minimum absolute atomic E-state index is 0.00678. The third-order valence-corrected chi connectivity index (χ3v) is 6.01. The Hall–Kier alpha value is -0.650. The molecule has 0 spiro atoms. The van der Waals surface area contributed by atoms with Crippen LogP contribution in [0.1, 0.15) is 19.3 Å². The van der Waals surface area contributed by atoms with E-state index in [1.54, 1.807) is 7.11 Å². The second-order valence-electron chi connectivity index (χ2n) is 4.41. The highest BCUT2D eigenvalue weighted by Gasteiger charge is 2.36. The number of halogens is 2. The second-order valence-corrected chi connectivity index (χ2v) is 7.02. The lowest BCUT2D eigenvalue weighted by atomic mass is 10.3. The van der Waals surface area contributed by atoms with Crippen LogP contribution >= 0.6 is 11.6 Å². The van der Waals surface area contributed by atoms with Gasteiger partial charge in [0.25, 0.3) is 0 Å². The van der Waals surface area contributed by atoms with Gasteiger partial charge in [-0.05, 0) is 37.5 Å². The maximum atomic E-state index is 12.9. The maximum Gasteiger partial charge on any atom is 0.182 e. The third kappa shape index (κ3) is 2.53. The lowest BCUT2D eigenvalue weighted by Gasteiger charge is -2.13. The Morgan fingerprint density at radius 3 is 2.67 bits per heavy atom. The predicted octanol–water partition coefficient (Wildman–Crippen LogP) is 2.82. The van der Waals surface area contributed by atoms with Crippen molar-refractivity contribution in [1.29, 1.82) is 0 Å². The molecule has 3 nitrogen and oxygen atoms in total. The number of sulfone groups is 1. The fourth-order valence-electron chi connectivity index (χ4n) is 2.28. The number of benzene rings is 1. The first kappa shape index (κ1) is 13.8. The van der Waals surface area contributed by atoms with Crippen LogP contribution in [0.25, 0.3) is 0 Å².